The molecule has 1 aliphatic rings. The Labute approximate surface area is 157 Å². The number of hydrogen-bond acceptors (Lipinski definition) is 4. The van der Waals surface area contributed by atoms with Gasteiger partial charge in [0.25, 0.3) is 0 Å². The minimum Gasteiger partial charge on any atom is -0.463 e. The van der Waals surface area contributed by atoms with Crippen LogP contribution in [-0.2, 0) is 14.3 Å². The number of carbonyl (C=O) groups excluding carboxylic acids is 1. The van der Waals surface area contributed by atoms with Gasteiger partial charge in [-0.25, -0.2) is 4.79 Å². The first-order chi connectivity index (χ1) is 12.6. The molecule has 142 valence electrons. The van der Waals surface area contributed by atoms with Crippen molar-refractivity contribution in [3.63, 3.8) is 0 Å². The van der Waals surface area contributed by atoms with Crippen LogP contribution in [0.2, 0.25) is 0 Å². The molecule has 26 heavy (non-hydrogen) atoms. The van der Waals surface area contributed by atoms with Gasteiger partial charge in [-0.05, 0) is 31.4 Å². The van der Waals surface area contributed by atoms with E-state index in [2.05, 4.69) is 20.8 Å². The summed E-state index contributed by atoms with van der Waals surface area (Å²) in [6.07, 6.45) is 6.43. The lowest BCUT2D eigenvalue weighted by molar-refractivity contribution is -0.139. The molecule has 4 nitrogen and oxygen atoms in total. The van der Waals surface area contributed by atoms with Crippen LogP contribution < -0.4 is 0 Å². The Morgan fingerprint density at radius 3 is 2.54 bits per heavy atom. The van der Waals surface area contributed by atoms with Crippen LogP contribution in [-0.4, -0.2) is 37.0 Å². The molecule has 0 unspecified atom stereocenters. The molecule has 0 fully saturated rings. The van der Waals surface area contributed by atoms with Crippen LogP contribution in [0.1, 0.15) is 52.5 Å². The zero-order valence-corrected chi connectivity index (χ0v) is 16.4. The number of ether oxygens (including phenoxy) is 2. The Morgan fingerprint density at radius 1 is 1.23 bits per heavy atom. The third kappa shape index (κ3) is 5.53. The van der Waals surface area contributed by atoms with Crippen LogP contribution in [0, 0.1) is 5.92 Å². The lowest BCUT2D eigenvalue weighted by Crippen LogP contribution is -2.37. The van der Waals surface area contributed by atoms with Crippen molar-refractivity contribution in [1.82, 2.24) is 0 Å². The molecule has 1 aromatic rings. The van der Waals surface area contributed by atoms with Crippen molar-refractivity contribution < 1.29 is 14.3 Å². The Balaban J connectivity index is 2.21. The minimum absolute atomic E-state index is 0.000950. The van der Waals surface area contributed by atoms with Crippen molar-refractivity contribution in [2.24, 2.45) is 10.9 Å². The summed E-state index contributed by atoms with van der Waals surface area (Å²) < 4.78 is 11.5. The average Bonchev–Trinajstić information content (AvgIpc) is 2.67. The van der Waals surface area contributed by atoms with Gasteiger partial charge in [-0.15, -0.1) is 0 Å². The number of esters is 1. The lowest BCUT2D eigenvalue weighted by atomic mass is 9.84. The SMILES string of the molecule is CCOC(=O)C1=C[C@@H](OC(CC)CC)[C@@H](C)[C@H](N=Cc2ccccc2)C1. The number of benzene rings is 1. The zero-order valence-electron chi connectivity index (χ0n) is 16.4. The van der Waals surface area contributed by atoms with E-state index in [1.54, 1.807) is 0 Å². The second-order valence-corrected chi connectivity index (χ2v) is 6.77. The monoisotopic (exact) mass is 357 g/mol. The first-order valence-corrected chi connectivity index (χ1v) is 9.70. The maximum absolute atomic E-state index is 12.3. The molecule has 0 aliphatic heterocycles. The van der Waals surface area contributed by atoms with Crippen LogP contribution >= 0.6 is 0 Å². The normalized spacial score (nSPS) is 23.3. The van der Waals surface area contributed by atoms with Crippen molar-refractivity contribution in [1.29, 1.82) is 0 Å². The van der Waals surface area contributed by atoms with Gasteiger partial charge in [0.1, 0.15) is 0 Å². The van der Waals surface area contributed by atoms with Gasteiger partial charge in [0.05, 0.1) is 24.9 Å². The van der Waals surface area contributed by atoms with E-state index in [4.69, 9.17) is 14.5 Å². The molecule has 0 spiro atoms. The molecule has 3 atom stereocenters. The number of nitrogens with zero attached hydrogens (tertiary/aromatic N) is 1. The fourth-order valence-electron chi connectivity index (χ4n) is 3.20. The van der Waals surface area contributed by atoms with E-state index in [0.29, 0.717) is 18.6 Å². The van der Waals surface area contributed by atoms with Crippen molar-refractivity contribution in [3.8, 4) is 0 Å². The van der Waals surface area contributed by atoms with Crippen LogP contribution in [0.4, 0.5) is 0 Å². The highest BCUT2D eigenvalue weighted by molar-refractivity contribution is 5.89. The molecule has 1 aromatic carbocycles. The van der Waals surface area contributed by atoms with Gasteiger partial charge in [-0.3, -0.25) is 4.99 Å². The van der Waals surface area contributed by atoms with Crippen molar-refractivity contribution in [2.45, 2.75) is 65.2 Å². The molecule has 0 saturated carbocycles. The maximum Gasteiger partial charge on any atom is 0.333 e. The first-order valence-electron chi connectivity index (χ1n) is 9.70. The largest absolute Gasteiger partial charge is 0.463 e. The van der Waals surface area contributed by atoms with E-state index >= 15 is 0 Å². The Kier molecular flexibility index (Phi) is 8.05. The van der Waals surface area contributed by atoms with E-state index in [1.165, 1.54) is 0 Å². The standard InChI is InChI=1S/C22H31NO3/c1-5-19(6-2)26-21-14-18(22(24)25-7-3)13-20(16(21)4)23-15-17-11-9-8-10-12-17/h8-12,14-16,19-21H,5-7,13H2,1-4H3/t16-,20+,21+/m0/s1. The van der Waals surface area contributed by atoms with Crippen molar-refractivity contribution in [2.75, 3.05) is 6.61 Å². The summed E-state index contributed by atoms with van der Waals surface area (Å²) in [5.74, 6) is -0.0498. The average molecular weight is 357 g/mol. The summed E-state index contributed by atoms with van der Waals surface area (Å²) >= 11 is 0. The number of hydrogen-bond donors (Lipinski definition) is 0. The summed E-state index contributed by atoms with van der Waals surface area (Å²) in [7, 11) is 0. The Morgan fingerprint density at radius 2 is 1.92 bits per heavy atom. The van der Waals surface area contributed by atoms with E-state index in [-0.39, 0.29) is 30.1 Å². The number of rotatable bonds is 8. The maximum atomic E-state index is 12.3. The molecule has 4 heteroatoms. The van der Waals surface area contributed by atoms with Crippen LogP contribution in [0.5, 0.6) is 0 Å². The lowest BCUT2D eigenvalue weighted by Gasteiger charge is -2.34. The third-order valence-electron chi connectivity index (χ3n) is 4.93. The topological polar surface area (TPSA) is 47.9 Å². The van der Waals surface area contributed by atoms with Crippen molar-refractivity contribution >= 4 is 12.2 Å². The molecule has 0 amide bonds. The molecular weight excluding hydrogens is 326 g/mol. The van der Waals surface area contributed by atoms with Gasteiger partial charge in [0.2, 0.25) is 0 Å². The second-order valence-electron chi connectivity index (χ2n) is 6.77. The summed E-state index contributed by atoms with van der Waals surface area (Å²) in [4.78, 5) is 17.1. The summed E-state index contributed by atoms with van der Waals surface area (Å²) in [6.45, 7) is 8.61. The Hall–Kier alpha value is -1.94. The van der Waals surface area contributed by atoms with Gasteiger partial charge >= 0.3 is 5.97 Å². The summed E-state index contributed by atoms with van der Waals surface area (Å²) in [5.41, 5.74) is 1.74. The first kappa shape index (κ1) is 20.4. The highest BCUT2D eigenvalue weighted by Gasteiger charge is 2.34. The van der Waals surface area contributed by atoms with E-state index in [1.807, 2.05) is 49.5 Å². The van der Waals surface area contributed by atoms with E-state index < -0.39 is 0 Å². The number of aliphatic imine (C=N–C) groups is 1. The summed E-state index contributed by atoms with van der Waals surface area (Å²) in [6, 6.07) is 10.0. The zero-order chi connectivity index (χ0) is 18.9. The molecule has 2 rings (SSSR count). The molecule has 0 radical (unpaired) electrons. The molecule has 0 saturated heterocycles. The Bertz CT molecular complexity index is 620. The smallest absolute Gasteiger partial charge is 0.333 e. The second kappa shape index (κ2) is 10.3. The van der Waals surface area contributed by atoms with Crippen LogP contribution in [0.15, 0.2) is 47.0 Å². The van der Waals surface area contributed by atoms with Crippen LogP contribution in [0.3, 0.4) is 0 Å². The minimum atomic E-state index is -0.252. The van der Waals surface area contributed by atoms with Gasteiger partial charge in [0, 0.05) is 24.1 Å². The molecule has 0 bridgehead atoms. The predicted octanol–water partition coefficient (Wildman–Crippen LogP) is 4.58. The molecular formula is C22H31NO3. The molecule has 0 heterocycles. The molecule has 0 N–H and O–H groups in total. The van der Waals surface area contributed by atoms with Gasteiger partial charge in [-0.2, -0.15) is 0 Å². The number of carbonyl (C=O) groups is 1. The fourth-order valence-corrected chi connectivity index (χ4v) is 3.20. The fraction of sp³-hybridized carbons (Fsp3) is 0.545. The molecule has 0 aromatic heterocycles. The third-order valence-corrected chi connectivity index (χ3v) is 4.93. The highest BCUT2D eigenvalue weighted by Crippen LogP contribution is 2.31. The van der Waals surface area contributed by atoms with Gasteiger partial charge < -0.3 is 9.47 Å². The summed E-state index contributed by atoms with van der Waals surface area (Å²) in [5, 5.41) is 0. The van der Waals surface area contributed by atoms with E-state index in [0.717, 1.165) is 18.4 Å². The quantitative estimate of drug-likeness (QED) is 0.505. The van der Waals surface area contributed by atoms with Crippen molar-refractivity contribution in [3.05, 3.63) is 47.5 Å². The van der Waals surface area contributed by atoms with Crippen LogP contribution in [0.25, 0.3) is 0 Å². The molecule has 1 aliphatic carbocycles. The van der Waals surface area contributed by atoms with Gasteiger partial charge in [0.15, 0.2) is 0 Å². The van der Waals surface area contributed by atoms with E-state index in [9.17, 15) is 4.79 Å². The predicted molar refractivity (Wildman–Crippen MR) is 106 cm³/mol. The van der Waals surface area contributed by atoms with Gasteiger partial charge in [-0.1, -0.05) is 51.1 Å². The highest BCUT2D eigenvalue weighted by atomic mass is 16.5.